The van der Waals surface area contributed by atoms with Gasteiger partial charge in [-0.1, -0.05) is 34.1 Å². The van der Waals surface area contributed by atoms with Gasteiger partial charge in [-0.3, -0.25) is 0 Å². The molecule has 0 saturated carbocycles. The van der Waals surface area contributed by atoms with E-state index in [0.29, 0.717) is 18.4 Å². The van der Waals surface area contributed by atoms with Gasteiger partial charge in [0.25, 0.3) is 5.95 Å². The number of aromatic nitrogens is 6. The first kappa shape index (κ1) is 13.4. The standard InChI is InChI=1S/C12H11BrN8/c13-9-4-2-1-3-8(9)5-16-11-18-10(14)19-12(20-11)21-7-15-6-17-21/h1-4,6-7H,5H2,(H3,14,16,18,19,20). The van der Waals surface area contributed by atoms with E-state index in [1.165, 1.54) is 17.3 Å². The molecular weight excluding hydrogens is 336 g/mol. The number of anilines is 2. The Balaban J connectivity index is 1.81. The smallest absolute Gasteiger partial charge is 0.258 e. The molecule has 106 valence electrons. The number of hydrogen-bond donors (Lipinski definition) is 2. The zero-order chi connectivity index (χ0) is 14.7. The minimum absolute atomic E-state index is 0.116. The highest BCUT2D eigenvalue weighted by Gasteiger charge is 2.07. The first-order valence-electron chi connectivity index (χ1n) is 6.06. The summed E-state index contributed by atoms with van der Waals surface area (Å²) in [5.41, 5.74) is 6.77. The minimum Gasteiger partial charge on any atom is -0.368 e. The molecule has 3 aromatic rings. The van der Waals surface area contributed by atoms with Crippen LogP contribution in [-0.4, -0.2) is 29.7 Å². The van der Waals surface area contributed by atoms with E-state index in [2.05, 4.69) is 46.3 Å². The van der Waals surface area contributed by atoms with Gasteiger partial charge in [0.15, 0.2) is 0 Å². The molecule has 0 bridgehead atoms. The van der Waals surface area contributed by atoms with Crippen LogP contribution in [0.25, 0.3) is 5.95 Å². The molecule has 0 fully saturated rings. The molecule has 0 unspecified atom stereocenters. The largest absolute Gasteiger partial charge is 0.368 e. The molecule has 3 N–H and O–H groups in total. The third-order valence-corrected chi connectivity index (χ3v) is 3.43. The van der Waals surface area contributed by atoms with Crippen LogP contribution in [0.2, 0.25) is 0 Å². The van der Waals surface area contributed by atoms with E-state index in [9.17, 15) is 0 Å². The molecule has 0 radical (unpaired) electrons. The Labute approximate surface area is 128 Å². The fraction of sp³-hybridized carbons (Fsp3) is 0.0833. The lowest BCUT2D eigenvalue weighted by molar-refractivity contribution is 0.797. The molecule has 3 rings (SSSR count). The van der Waals surface area contributed by atoms with Crippen molar-refractivity contribution in [3.8, 4) is 5.95 Å². The van der Waals surface area contributed by atoms with Gasteiger partial charge in [0, 0.05) is 11.0 Å². The zero-order valence-electron chi connectivity index (χ0n) is 10.8. The summed E-state index contributed by atoms with van der Waals surface area (Å²) < 4.78 is 2.43. The van der Waals surface area contributed by atoms with Gasteiger partial charge in [0.05, 0.1) is 0 Å². The lowest BCUT2D eigenvalue weighted by atomic mass is 10.2. The molecule has 0 spiro atoms. The molecule has 21 heavy (non-hydrogen) atoms. The van der Waals surface area contributed by atoms with E-state index < -0.39 is 0 Å². The van der Waals surface area contributed by atoms with E-state index in [-0.39, 0.29) is 5.95 Å². The SMILES string of the molecule is Nc1nc(NCc2ccccc2Br)nc(-n2cncn2)n1. The van der Waals surface area contributed by atoms with Crippen LogP contribution in [0, 0.1) is 0 Å². The number of halogens is 1. The molecule has 0 atom stereocenters. The molecule has 0 aliphatic carbocycles. The highest BCUT2D eigenvalue weighted by molar-refractivity contribution is 9.10. The summed E-state index contributed by atoms with van der Waals surface area (Å²) in [5.74, 6) is 0.809. The van der Waals surface area contributed by atoms with Crippen LogP contribution in [0.4, 0.5) is 11.9 Å². The molecule has 9 heteroatoms. The summed E-state index contributed by atoms with van der Waals surface area (Å²) in [6.45, 7) is 0.557. The average Bonchev–Trinajstić information content (AvgIpc) is 3.00. The summed E-state index contributed by atoms with van der Waals surface area (Å²) in [6.07, 6.45) is 2.89. The third-order valence-electron chi connectivity index (χ3n) is 2.66. The van der Waals surface area contributed by atoms with E-state index >= 15 is 0 Å². The van der Waals surface area contributed by atoms with Crippen LogP contribution in [0.15, 0.2) is 41.4 Å². The summed E-state index contributed by atoms with van der Waals surface area (Å²) in [4.78, 5) is 16.2. The molecule has 2 heterocycles. The average molecular weight is 347 g/mol. The maximum Gasteiger partial charge on any atom is 0.258 e. The maximum atomic E-state index is 5.69. The summed E-state index contributed by atoms with van der Waals surface area (Å²) >= 11 is 3.49. The van der Waals surface area contributed by atoms with E-state index in [1.54, 1.807) is 0 Å². The first-order valence-corrected chi connectivity index (χ1v) is 6.85. The first-order chi connectivity index (χ1) is 10.2. The van der Waals surface area contributed by atoms with Crippen LogP contribution < -0.4 is 11.1 Å². The van der Waals surface area contributed by atoms with Crippen molar-refractivity contribution < 1.29 is 0 Å². The van der Waals surface area contributed by atoms with Crippen molar-refractivity contribution in [2.75, 3.05) is 11.1 Å². The quantitative estimate of drug-likeness (QED) is 0.735. The maximum absolute atomic E-state index is 5.69. The van der Waals surface area contributed by atoms with Gasteiger partial charge in [-0.05, 0) is 11.6 Å². The van der Waals surface area contributed by atoms with Crippen LogP contribution in [0.5, 0.6) is 0 Å². The molecule has 0 aliphatic heterocycles. The second-order valence-corrected chi connectivity index (χ2v) is 4.96. The summed E-state index contributed by atoms with van der Waals surface area (Å²) in [7, 11) is 0. The van der Waals surface area contributed by atoms with Crippen molar-refractivity contribution in [1.29, 1.82) is 0 Å². The van der Waals surface area contributed by atoms with Gasteiger partial charge in [-0.2, -0.15) is 24.7 Å². The number of nitrogens with zero attached hydrogens (tertiary/aromatic N) is 6. The monoisotopic (exact) mass is 346 g/mol. The normalized spacial score (nSPS) is 10.5. The lowest BCUT2D eigenvalue weighted by Gasteiger charge is -2.08. The highest BCUT2D eigenvalue weighted by atomic mass is 79.9. The molecule has 0 saturated heterocycles. The number of nitrogens with one attached hydrogen (secondary N) is 1. The van der Waals surface area contributed by atoms with Gasteiger partial charge < -0.3 is 11.1 Å². The molecule has 2 aromatic heterocycles. The van der Waals surface area contributed by atoms with Gasteiger partial charge in [-0.15, -0.1) is 0 Å². The van der Waals surface area contributed by atoms with Crippen molar-refractivity contribution in [2.24, 2.45) is 0 Å². The third kappa shape index (κ3) is 3.14. The van der Waals surface area contributed by atoms with Crippen molar-refractivity contribution >= 4 is 27.8 Å². The van der Waals surface area contributed by atoms with Crippen LogP contribution in [0.1, 0.15) is 5.56 Å². The zero-order valence-corrected chi connectivity index (χ0v) is 12.4. The number of hydrogen-bond acceptors (Lipinski definition) is 7. The summed E-state index contributed by atoms with van der Waals surface area (Å²) in [5, 5.41) is 7.07. The van der Waals surface area contributed by atoms with Crippen molar-refractivity contribution in [3.05, 3.63) is 47.0 Å². The van der Waals surface area contributed by atoms with Gasteiger partial charge in [0.2, 0.25) is 11.9 Å². The Morgan fingerprint density at radius 1 is 1.19 bits per heavy atom. The van der Waals surface area contributed by atoms with E-state index in [0.717, 1.165) is 10.0 Å². The lowest BCUT2D eigenvalue weighted by Crippen LogP contribution is -2.11. The topological polar surface area (TPSA) is 107 Å². The van der Waals surface area contributed by atoms with Crippen molar-refractivity contribution in [1.82, 2.24) is 29.7 Å². The van der Waals surface area contributed by atoms with Crippen LogP contribution in [-0.2, 0) is 6.54 Å². The molecule has 0 aliphatic rings. The van der Waals surface area contributed by atoms with Crippen molar-refractivity contribution in [2.45, 2.75) is 6.54 Å². The molecule has 1 aromatic carbocycles. The summed E-state index contributed by atoms with van der Waals surface area (Å²) in [6, 6.07) is 7.89. The molecular formula is C12H11BrN8. The number of nitrogen functional groups attached to an aromatic ring is 1. The molecule has 8 nitrogen and oxygen atoms in total. The Kier molecular flexibility index (Phi) is 3.73. The highest BCUT2D eigenvalue weighted by Crippen LogP contribution is 2.17. The van der Waals surface area contributed by atoms with Crippen LogP contribution >= 0.6 is 15.9 Å². The minimum atomic E-state index is 0.116. The number of benzene rings is 1. The van der Waals surface area contributed by atoms with Crippen molar-refractivity contribution in [3.63, 3.8) is 0 Å². The Morgan fingerprint density at radius 2 is 2.05 bits per heavy atom. The number of rotatable bonds is 4. The molecule has 0 amide bonds. The Bertz CT molecular complexity index is 743. The second-order valence-electron chi connectivity index (χ2n) is 4.10. The second kappa shape index (κ2) is 5.83. The van der Waals surface area contributed by atoms with E-state index in [1.807, 2.05) is 24.3 Å². The Morgan fingerprint density at radius 3 is 2.81 bits per heavy atom. The van der Waals surface area contributed by atoms with Gasteiger partial charge in [-0.25, -0.2) is 4.98 Å². The van der Waals surface area contributed by atoms with Gasteiger partial charge >= 0.3 is 0 Å². The van der Waals surface area contributed by atoms with Crippen LogP contribution in [0.3, 0.4) is 0 Å². The fourth-order valence-corrected chi connectivity index (χ4v) is 2.11. The predicted octanol–water partition coefficient (Wildman–Crippen LogP) is 1.41. The fourth-order valence-electron chi connectivity index (χ4n) is 1.69. The van der Waals surface area contributed by atoms with E-state index in [4.69, 9.17) is 5.73 Å². The van der Waals surface area contributed by atoms with Gasteiger partial charge in [0.1, 0.15) is 12.7 Å². The Hall–Kier alpha value is -2.55. The predicted molar refractivity (Wildman–Crippen MR) is 80.6 cm³/mol. The number of nitrogens with two attached hydrogens (primary N) is 1.